The highest BCUT2D eigenvalue weighted by atomic mass is 19.1. The molecule has 0 saturated heterocycles. The minimum Gasteiger partial charge on any atom is -0.478 e. The van der Waals surface area contributed by atoms with Crippen molar-refractivity contribution in [3.05, 3.63) is 23.6 Å². The van der Waals surface area contributed by atoms with Crippen LogP contribution in [-0.4, -0.2) is 40.9 Å². The average molecular weight is 256 g/mol. The third kappa shape index (κ3) is 3.66. The first-order valence-corrected chi connectivity index (χ1v) is 5.84. The number of pyridine rings is 1. The third-order valence-corrected chi connectivity index (χ3v) is 2.51. The summed E-state index contributed by atoms with van der Waals surface area (Å²) in [5.41, 5.74) is -0.181. The molecule has 100 valence electrons. The summed E-state index contributed by atoms with van der Waals surface area (Å²) in [6.07, 6.45) is 2.77. The van der Waals surface area contributed by atoms with Gasteiger partial charge >= 0.3 is 5.97 Å². The first-order valence-electron chi connectivity index (χ1n) is 5.84. The maximum atomic E-state index is 13.0. The van der Waals surface area contributed by atoms with Gasteiger partial charge in [-0.05, 0) is 12.5 Å². The molecule has 18 heavy (non-hydrogen) atoms. The van der Waals surface area contributed by atoms with E-state index in [1.807, 2.05) is 6.92 Å². The van der Waals surface area contributed by atoms with Crippen LogP contribution in [0.5, 0.6) is 0 Å². The zero-order valence-electron chi connectivity index (χ0n) is 10.3. The Hall–Kier alpha value is -1.69. The van der Waals surface area contributed by atoms with Gasteiger partial charge in [-0.1, -0.05) is 13.3 Å². The van der Waals surface area contributed by atoms with Crippen molar-refractivity contribution in [3.8, 4) is 0 Å². The maximum absolute atomic E-state index is 13.0. The number of aromatic nitrogens is 1. The minimum absolute atomic E-state index is 0.109. The highest BCUT2D eigenvalue weighted by Gasteiger charge is 2.18. The maximum Gasteiger partial charge on any atom is 0.339 e. The fourth-order valence-corrected chi connectivity index (χ4v) is 1.63. The van der Waals surface area contributed by atoms with Gasteiger partial charge in [-0.3, -0.25) is 0 Å². The van der Waals surface area contributed by atoms with E-state index in [-0.39, 0.29) is 24.5 Å². The highest BCUT2D eigenvalue weighted by molar-refractivity contribution is 5.93. The van der Waals surface area contributed by atoms with Crippen LogP contribution in [0, 0.1) is 5.82 Å². The summed E-state index contributed by atoms with van der Waals surface area (Å²) in [4.78, 5) is 16.6. The molecule has 0 bridgehead atoms. The summed E-state index contributed by atoms with van der Waals surface area (Å²) in [7, 11) is 0. The molecule has 0 amide bonds. The van der Waals surface area contributed by atoms with Crippen molar-refractivity contribution in [2.75, 3.05) is 24.6 Å². The summed E-state index contributed by atoms with van der Waals surface area (Å²) in [6.45, 7) is 2.75. The van der Waals surface area contributed by atoms with E-state index < -0.39 is 11.8 Å². The van der Waals surface area contributed by atoms with Crippen LogP contribution in [0.15, 0.2) is 12.3 Å². The van der Waals surface area contributed by atoms with Gasteiger partial charge in [-0.2, -0.15) is 0 Å². The van der Waals surface area contributed by atoms with Crippen molar-refractivity contribution in [2.24, 2.45) is 0 Å². The summed E-state index contributed by atoms with van der Waals surface area (Å²) in [6, 6.07) is 0.945. The van der Waals surface area contributed by atoms with Gasteiger partial charge in [-0.25, -0.2) is 14.2 Å². The van der Waals surface area contributed by atoms with Crippen molar-refractivity contribution >= 4 is 11.8 Å². The molecule has 0 atom stereocenters. The largest absolute Gasteiger partial charge is 0.478 e. The van der Waals surface area contributed by atoms with E-state index in [1.54, 1.807) is 4.90 Å². The fourth-order valence-electron chi connectivity index (χ4n) is 1.63. The quantitative estimate of drug-likeness (QED) is 0.773. The van der Waals surface area contributed by atoms with Gasteiger partial charge in [0.1, 0.15) is 17.2 Å². The predicted molar refractivity (Wildman–Crippen MR) is 65.4 cm³/mol. The van der Waals surface area contributed by atoms with Gasteiger partial charge < -0.3 is 15.1 Å². The lowest BCUT2D eigenvalue weighted by Gasteiger charge is -2.23. The topological polar surface area (TPSA) is 73.7 Å². The van der Waals surface area contributed by atoms with Crippen molar-refractivity contribution < 1.29 is 19.4 Å². The number of carboxylic acid groups (broad SMARTS) is 1. The lowest BCUT2D eigenvalue weighted by atomic mass is 10.2. The van der Waals surface area contributed by atoms with Gasteiger partial charge in [-0.15, -0.1) is 0 Å². The summed E-state index contributed by atoms with van der Waals surface area (Å²) < 4.78 is 13.0. The highest BCUT2D eigenvalue weighted by Crippen LogP contribution is 2.19. The third-order valence-electron chi connectivity index (χ3n) is 2.51. The van der Waals surface area contributed by atoms with Crippen LogP contribution in [0.1, 0.15) is 30.1 Å². The van der Waals surface area contributed by atoms with Crippen LogP contribution < -0.4 is 4.90 Å². The molecule has 1 aromatic rings. The van der Waals surface area contributed by atoms with E-state index >= 15 is 0 Å². The second-order valence-electron chi connectivity index (χ2n) is 3.89. The van der Waals surface area contributed by atoms with Crippen molar-refractivity contribution in [1.82, 2.24) is 4.98 Å². The second kappa shape index (κ2) is 6.90. The molecule has 0 fully saturated rings. The average Bonchev–Trinajstić information content (AvgIpc) is 2.34. The van der Waals surface area contributed by atoms with Gasteiger partial charge in [0.15, 0.2) is 0 Å². The Bertz CT molecular complexity index is 412. The molecule has 5 nitrogen and oxygen atoms in total. The van der Waals surface area contributed by atoms with E-state index in [1.165, 1.54) is 0 Å². The Balaban J connectivity index is 3.05. The van der Waals surface area contributed by atoms with E-state index in [4.69, 9.17) is 10.2 Å². The second-order valence-corrected chi connectivity index (χ2v) is 3.89. The van der Waals surface area contributed by atoms with Crippen LogP contribution in [0.3, 0.4) is 0 Å². The molecule has 0 radical (unpaired) electrons. The molecular formula is C12H17FN2O3. The molecule has 0 saturated carbocycles. The number of carboxylic acids is 1. The number of halogens is 1. The number of aliphatic hydroxyl groups excluding tert-OH is 1. The van der Waals surface area contributed by atoms with Crippen LogP contribution in [0.25, 0.3) is 0 Å². The Kier molecular flexibility index (Phi) is 5.51. The molecule has 0 spiro atoms. The molecule has 0 aliphatic carbocycles. The van der Waals surface area contributed by atoms with Gasteiger partial charge in [0.2, 0.25) is 0 Å². The zero-order chi connectivity index (χ0) is 13.5. The molecule has 1 rings (SSSR count). The zero-order valence-corrected chi connectivity index (χ0v) is 10.3. The van der Waals surface area contributed by atoms with Crippen LogP contribution in [-0.2, 0) is 0 Å². The lowest BCUT2D eigenvalue weighted by Crippen LogP contribution is -2.30. The van der Waals surface area contributed by atoms with Crippen molar-refractivity contribution in [2.45, 2.75) is 19.8 Å². The Morgan fingerprint density at radius 1 is 1.50 bits per heavy atom. The SMILES string of the molecule is CCCCN(CCO)c1ncc(F)cc1C(=O)O. The minimum atomic E-state index is -1.23. The molecule has 0 aliphatic rings. The molecule has 1 heterocycles. The predicted octanol–water partition coefficient (Wildman–Crippen LogP) is 1.52. The number of aromatic carboxylic acids is 1. The molecule has 0 aromatic carbocycles. The van der Waals surface area contributed by atoms with E-state index in [2.05, 4.69) is 4.98 Å². The summed E-state index contributed by atoms with van der Waals surface area (Å²) in [5, 5.41) is 18.0. The number of hydrogen-bond acceptors (Lipinski definition) is 4. The smallest absolute Gasteiger partial charge is 0.339 e. The fraction of sp³-hybridized carbons (Fsp3) is 0.500. The van der Waals surface area contributed by atoms with E-state index in [0.717, 1.165) is 25.1 Å². The van der Waals surface area contributed by atoms with Gasteiger partial charge in [0, 0.05) is 13.1 Å². The normalized spacial score (nSPS) is 10.4. The number of anilines is 1. The number of carbonyl (C=O) groups is 1. The molecule has 0 unspecified atom stereocenters. The Labute approximate surface area is 105 Å². The number of nitrogens with zero attached hydrogens (tertiary/aromatic N) is 2. The lowest BCUT2D eigenvalue weighted by molar-refractivity contribution is 0.0696. The van der Waals surface area contributed by atoms with Crippen molar-refractivity contribution in [3.63, 3.8) is 0 Å². The van der Waals surface area contributed by atoms with Crippen LogP contribution in [0.4, 0.5) is 10.2 Å². The number of aliphatic hydroxyl groups is 1. The van der Waals surface area contributed by atoms with E-state index in [0.29, 0.717) is 6.54 Å². The first-order chi connectivity index (χ1) is 8.60. The number of rotatable bonds is 7. The Morgan fingerprint density at radius 2 is 2.22 bits per heavy atom. The van der Waals surface area contributed by atoms with Crippen LogP contribution in [0.2, 0.25) is 0 Å². The summed E-state index contributed by atoms with van der Waals surface area (Å²) >= 11 is 0. The van der Waals surface area contributed by atoms with Gasteiger partial charge in [0.05, 0.1) is 12.8 Å². The van der Waals surface area contributed by atoms with Gasteiger partial charge in [0.25, 0.3) is 0 Å². The Morgan fingerprint density at radius 3 is 2.78 bits per heavy atom. The molecule has 2 N–H and O–H groups in total. The van der Waals surface area contributed by atoms with Crippen LogP contribution >= 0.6 is 0 Å². The summed E-state index contributed by atoms with van der Waals surface area (Å²) in [5.74, 6) is -1.71. The molecule has 6 heteroatoms. The first kappa shape index (κ1) is 14.4. The number of unbranched alkanes of at least 4 members (excludes halogenated alkanes) is 1. The van der Waals surface area contributed by atoms with E-state index in [9.17, 15) is 9.18 Å². The molecule has 1 aromatic heterocycles. The standard InChI is InChI=1S/C12H17FN2O3/c1-2-3-4-15(5-6-16)11-10(12(17)18)7-9(13)8-14-11/h7-8,16H,2-6H2,1H3,(H,17,18). The molecule has 0 aliphatic heterocycles. The van der Waals surface area contributed by atoms with Crippen molar-refractivity contribution in [1.29, 1.82) is 0 Å². The monoisotopic (exact) mass is 256 g/mol. The molecular weight excluding hydrogens is 239 g/mol. The number of hydrogen-bond donors (Lipinski definition) is 2.